The van der Waals surface area contributed by atoms with Gasteiger partial charge >= 0.3 is 0 Å². The molecule has 0 saturated carbocycles. The number of fused-ring (bicyclic) bond motifs is 3. The fourth-order valence-electron chi connectivity index (χ4n) is 4.16. The van der Waals surface area contributed by atoms with E-state index < -0.39 is 0 Å². The van der Waals surface area contributed by atoms with E-state index in [9.17, 15) is 0 Å². The molecule has 2 nitrogen and oxygen atoms in total. The second-order valence-corrected chi connectivity index (χ2v) is 8.13. The van der Waals surface area contributed by atoms with E-state index in [1.165, 1.54) is 16.5 Å². The van der Waals surface area contributed by atoms with E-state index in [4.69, 9.17) is 0 Å². The number of aromatic amines is 1. The molecule has 0 spiro atoms. The zero-order valence-corrected chi connectivity index (χ0v) is 18.1. The number of H-pyrrole nitrogens is 1. The van der Waals surface area contributed by atoms with Crippen molar-refractivity contribution in [3.63, 3.8) is 0 Å². The average molecular weight is 415 g/mol. The third kappa shape index (κ3) is 3.95. The number of allylic oxidation sites excluding steroid dienone is 12. The third-order valence-corrected chi connectivity index (χ3v) is 5.98. The minimum atomic E-state index is 0.904. The SMILES string of the molecule is C=C1/C=C\C=C/N(C2=CC=CCC2)/C=C\C(c2ccc3[nH]c4ccccc4c3c2)=C/C1=C. The highest BCUT2D eigenvalue weighted by atomic mass is 15.1. The minimum Gasteiger partial charge on any atom is -0.355 e. The van der Waals surface area contributed by atoms with Gasteiger partial charge in [-0.05, 0) is 77.6 Å². The smallest absolute Gasteiger partial charge is 0.0465 e. The average Bonchev–Trinajstić information content (AvgIpc) is 3.19. The van der Waals surface area contributed by atoms with Crippen LogP contribution in [-0.2, 0) is 0 Å². The van der Waals surface area contributed by atoms with E-state index in [0.29, 0.717) is 0 Å². The molecule has 2 heterocycles. The predicted molar refractivity (Wildman–Crippen MR) is 138 cm³/mol. The molecule has 0 radical (unpaired) electrons. The predicted octanol–water partition coefficient (Wildman–Crippen LogP) is 7.95. The molecule has 1 N–H and O–H groups in total. The van der Waals surface area contributed by atoms with Gasteiger partial charge in [-0.25, -0.2) is 0 Å². The van der Waals surface area contributed by atoms with E-state index >= 15 is 0 Å². The molecule has 3 aromatic rings. The van der Waals surface area contributed by atoms with Crippen LogP contribution in [0.5, 0.6) is 0 Å². The second kappa shape index (κ2) is 8.60. The molecule has 0 unspecified atom stereocenters. The highest BCUT2D eigenvalue weighted by molar-refractivity contribution is 6.08. The van der Waals surface area contributed by atoms with Crippen LogP contribution in [0.2, 0.25) is 0 Å². The van der Waals surface area contributed by atoms with Crippen molar-refractivity contribution in [3.8, 4) is 0 Å². The molecule has 1 aromatic heterocycles. The first-order valence-electron chi connectivity index (χ1n) is 11.0. The molecule has 2 aliphatic rings. The Morgan fingerprint density at radius 1 is 0.812 bits per heavy atom. The molecule has 1 aliphatic heterocycles. The number of rotatable bonds is 2. The van der Waals surface area contributed by atoms with Crippen LogP contribution >= 0.6 is 0 Å². The van der Waals surface area contributed by atoms with Gasteiger partial charge in [0.15, 0.2) is 0 Å². The molecule has 0 bridgehead atoms. The van der Waals surface area contributed by atoms with Crippen LogP contribution in [-0.4, -0.2) is 9.88 Å². The van der Waals surface area contributed by atoms with Gasteiger partial charge in [0.2, 0.25) is 0 Å². The number of nitrogens with one attached hydrogen (secondary N) is 1. The topological polar surface area (TPSA) is 19.0 Å². The van der Waals surface area contributed by atoms with Gasteiger partial charge in [0.05, 0.1) is 0 Å². The molecule has 1 aliphatic carbocycles. The molecule has 0 amide bonds. The Kier molecular flexibility index (Phi) is 5.35. The van der Waals surface area contributed by atoms with Crippen molar-refractivity contribution < 1.29 is 0 Å². The Balaban J connectivity index is 1.62. The molecule has 2 aromatic carbocycles. The molecule has 0 saturated heterocycles. The Hall–Kier alpha value is -4.04. The van der Waals surface area contributed by atoms with Crippen molar-refractivity contribution in [1.29, 1.82) is 0 Å². The number of hydrogen-bond acceptors (Lipinski definition) is 1. The Morgan fingerprint density at radius 3 is 2.56 bits per heavy atom. The molecular formula is C30H26N2. The van der Waals surface area contributed by atoms with E-state index in [0.717, 1.165) is 46.2 Å². The molecule has 156 valence electrons. The zero-order valence-electron chi connectivity index (χ0n) is 18.1. The molecule has 5 rings (SSSR count). The van der Waals surface area contributed by atoms with Crippen LogP contribution in [0.3, 0.4) is 0 Å². The van der Waals surface area contributed by atoms with Crippen LogP contribution in [0, 0.1) is 0 Å². The molecule has 0 fully saturated rings. The summed E-state index contributed by atoms with van der Waals surface area (Å²) in [5.74, 6) is 0. The van der Waals surface area contributed by atoms with Crippen LogP contribution < -0.4 is 0 Å². The number of nitrogens with zero attached hydrogens (tertiary/aromatic N) is 1. The lowest BCUT2D eigenvalue weighted by atomic mass is 9.98. The highest BCUT2D eigenvalue weighted by Gasteiger charge is 2.09. The Labute approximate surface area is 189 Å². The number of hydrogen-bond donors (Lipinski definition) is 1. The first-order chi connectivity index (χ1) is 15.7. The number of benzene rings is 2. The Morgan fingerprint density at radius 2 is 1.69 bits per heavy atom. The summed E-state index contributed by atoms with van der Waals surface area (Å²) >= 11 is 0. The first-order valence-corrected chi connectivity index (χ1v) is 11.0. The summed E-state index contributed by atoms with van der Waals surface area (Å²) in [6.45, 7) is 8.45. The zero-order chi connectivity index (χ0) is 21.9. The second-order valence-electron chi connectivity index (χ2n) is 8.13. The summed E-state index contributed by atoms with van der Waals surface area (Å²) in [5.41, 5.74) is 7.63. The summed E-state index contributed by atoms with van der Waals surface area (Å²) in [7, 11) is 0. The van der Waals surface area contributed by atoms with Gasteiger partial charge in [0.25, 0.3) is 0 Å². The van der Waals surface area contributed by atoms with E-state index in [1.807, 2.05) is 18.2 Å². The van der Waals surface area contributed by atoms with Crippen molar-refractivity contribution in [2.24, 2.45) is 0 Å². The maximum Gasteiger partial charge on any atom is 0.0465 e. The van der Waals surface area contributed by atoms with Crippen molar-refractivity contribution in [2.45, 2.75) is 12.8 Å². The first kappa shape index (κ1) is 19.9. The maximum atomic E-state index is 4.26. The fourth-order valence-corrected chi connectivity index (χ4v) is 4.16. The van der Waals surface area contributed by atoms with Gasteiger partial charge in [0.1, 0.15) is 0 Å². The quantitative estimate of drug-likeness (QED) is 0.451. The summed E-state index contributed by atoms with van der Waals surface area (Å²) in [5, 5.41) is 2.46. The summed E-state index contributed by atoms with van der Waals surface area (Å²) < 4.78 is 0. The van der Waals surface area contributed by atoms with Crippen molar-refractivity contribution in [3.05, 3.63) is 139 Å². The highest BCUT2D eigenvalue weighted by Crippen LogP contribution is 2.30. The van der Waals surface area contributed by atoms with Crippen LogP contribution in [0.1, 0.15) is 18.4 Å². The van der Waals surface area contributed by atoms with Gasteiger partial charge in [-0.15, -0.1) is 0 Å². The lowest BCUT2D eigenvalue weighted by molar-refractivity contribution is 0.587. The lowest BCUT2D eigenvalue weighted by Crippen LogP contribution is -2.10. The number of para-hydroxylation sites is 1. The summed E-state index contributed by atoms with van der Waals surface area (Å²) in [6.07, 6.45) is 23.2. The van der Waals surface area contributed by atoms with E-state index in [1.54, 1.807) is 0 Å². The maximum absolute atomic E-state index is 4.26. The van der Waals surface area contributed by atoms with Crippen molar-refractivity contribution in [2.75, 3.05) is 0 Å². The van der Waals surface area contributed by atoms with Crippen LogP contribution in [0.25, 0.3) is 27.4 Å². The van der Waals surface area contributed by atoms with Gasteiger partial charge in [-0.3, -0.25) is 0 Å². The van der Waals surface area contributed by atoms with Gasteiger partial charge in [0, 0.05) is 39.9 Å². The van der Waals surface area contributed by atoms with E-state index in [2.05, 4.69) is 108 Å². The van der Waals surface area contributed by atoms with Crippen LogP contribution in [0.15, 0.2) is 133 Å². The van der Waals surface area contributed by atoms with E-state index in [-0.39, 0.29) is 0 Å². The monoisotopic (exact) mass is 414 g/mol. The lowest BCUT2D eigenvalue weighted by Gasteiger charge is -2.21. The fraction of sp³-hybridized carbons (Fsp3) is 0.0667. The van der Waals surface area contributed by atoms with Crippen molar-refractivity contribution in [1.82, 2.24) is 9.88 Å². The third-order valence-electron chi connectivity index (χ3n) is 5.98. The normalized spacial score (nSPS) is 21.7. The van der Waals surface area contributed by atoms with Gasteiger partial charge in [-0.2, -0.15) is 0 Å². The van der Waals surface area contributed by atoms with Gasteiger partial charge < -0.3 is 9.88 Å². The van der Waals surface area contributed by atoms with Crippen molar-refractivity contribution >= 4 is 27.4 Å². The minimum absolute atomic E-state index is 0.904. The summed E-state index contributed by atoms with van der Waals surface area (Å²) in [6, 6.07) is 15.0. The molecule has 0 atom stereocenters. The Bertz CT molecular complexity index is 1400. The number of aromatic nitrogens is 1. The summed E-state index contributed by atoms with van der Waals surface area (Å²) in [4.78, 5) is 5.71. The molecular weight excluding hydrogens is 388 g/mol. The van der Waals surface area contributed by atoms with Crippen LogP contribution in [0.4, 0.5) is 0 Å². The molecule has 2 heteroatoms. The molecule has 32 heavy (non-hydrogen) atoms. The van der Waals surface area contributed by atoms with Gasteiger partial charge in [-0.1, -0.05) is 61.7 Å². The standard InChI is InChI=1S/C30H26N2/c1-22-10-8-9-18-32(26-11-4-3-5-12-26)19-17-25(20-23(22)2)24-15-16-30-28(21-24)27-13-6-7-14-29(27)31-30/h3-4,6-11,13-21,31H,1-2,5,12H2/b10-8-,18-9-,19-17-,25-20+. The largest absolute Gasteiger partial charge is 0.355 e.